The van der Waals surface area contributed by atoms with E-state index < -0.39 is 0 Å². The molecule has 1 aliphatic rings. The van der Waals surface area contributed by atoms with Gasteiger partial charge in [0.2, 0.25) is 0 Å². The van der Waals surface area contributed by atoms with E-state index in [0.29, 0.717) is 0 Å². The minimum atomic E-state index is 0.288. The molecule has 1 aromatic rings. The van der Waals surface area contributed by atoms with Crippen LogP contribution >= 0.6 is 0 Å². The lowest BCUT2D eigenvalue weighted by atomic mass is 10.1. The second-order valence-electron chi connectivity index (χ2n) is 5.64. The molecule has 1 saturated heterocycles. The van der Waals surface area contributed by atoms with Crippen molar-refractivity contribution in [3.05, 3.63) is 17.1 Å². The number of hydrogen-bond donors (Lipinski definition) is 1. The molecule has 1 N–H and O–H groups in total. The van der Waals surface area contributed by atoms with Crippen molar-refractivity contribution in [2.24, 2.45) is 0 Å². The molecule has 0 bridgehead atoms. The van der Waals surface area contributed by atoms with Gasteiger partial charge in [-0.3, -0.25) is 4.90 Å². The molecule has 1 aliphatic heterocycles. The highest BCUT2D eigenvalue weighted by Gasteiger charge is 2.27. The van der Waals surface area contributed by atoms with Crippen molar-refractivity contribution < 1.29 is 0 Å². The smallest absolute Gasteiger partial charge is 0.149 e. The SMILES string of the molecule is CCNc1nc(C2CN(C)CCN2C)nc(C)c1CC. The van der Waals surface area contributed by atoms with Crippen molar-refractivity contribution in [3.63, 3.8) is 0 Å². The van der Waals surface area contributed by atoms with Gasteiger partial charge in [0, 0.05) is 37.4 Å². The fourth-order valence-corrected chi connectivity index (χ4v) is 2.79. The average Bonchev–Trinajstić information content (AvgIpc) is 2.41. The van der Waals surface area contributed by atoms with E-state index >= 15 is 0 Å². The van der Waals surface area contributed by atoms with Crippen molar-refractivity contribution >= 4 is 5.82 Å². The number of nitrogens with zero attached hydrogens (tertiary/aromatic N) is 4. The van der Waals surface area contributed by atoms with E-state index in [2.05, 4.69) is 50.0 Å². The first-order valence-corrected chi connectivity index (χ1v) is 7.56. The van der Waals surface area contributed by atoms with Crippen LogP contribution in [0.25, 0.3) is 0 Å². The Bertz CT molecular complexity index is 460. The van der Waals surface area contributed by atoms with Crippen LogP contribution in [0.1, 0.15) is 37.0 Å². The van der Waals surface area contributed by atoms with Crippen LogP contribution in [0.3, 0.4) is 0 Å². The Morgan fingerprint density at radius 1 is 1.20 bits per heavy atom. The predicted octanol–water partition coefficient (Wildman–Crippen LogP) is 1.70. The zero-order valence-electron chi connectivity index (χ0n) is 13.4. The minimum absolute atomic E-state index is 0.288. The van der Waals surface area contributed by atoms with Crippen LogP contribution in [0.4, 0.5) is 5.82 Å². The van der Waals surface area contributed by atoms with Crippen molar-refractivity contribution in [3.8, 4) is 0 Å². The lowest BCUT2D eigenvalue weighted by Gasteiger charge is -2.37. The number of hydrogen-bond acceptors (Lipinski definition) is 5. The first-order valence-electron chi connectivity index (χ1n) is 7.56. The zero-order valence-corrected chi connectivity index (χ0v) is 13.4. The standard InChI is InChI=1S/C15H27N5/c1-6-12-11(3)17-15(18-14(12)16-7-2)13-10-19(4)8-9-20(13)5/h13H,6-10H2,1-5H3,(H,16,17,18). The monoisotopic (exact) mass is 277 g/mol. The van der Waals surface area contributed by atoms with Crippen LogP contribution < -0.4 is 5.32 Å². The summed E-state index contributed by atoms with van der Waals surface area (Å²) in [6.07, 6.45) is 0.967. The molecule has 2 rings (SSSR count). The Morgan fingerprint density at radius 2 is 1.95 bits per heavy atom. The topological polar surface area (TPSA) is 44.3 Å². The molecule has 0 aliphatic carbocycles. The summed E-state index contributed by atoms with van der Waals surface area (Å²) in [5.74, 6) is 1.96. The third kappa shape index (κ3) is 3.10. The van der Waals surface area contributed by atoms with Gasteiger partial charge in [-0.1, -0.05) is 6.92 Å². The molecule has 0 radical (unpaired) electrons. The van der Waals surface area contributed by atoms with E-state index in [0.717, 1.165) is 49.9 Å². The molecule has 2 heterocycles. The second-order valence-corrected chi connectivity index (χ2v) is 5.64. The van der Waals surface area contributed by atoms with Crippen LogP contribution in [-0.4, -0.2) is 60.0 Å². The summed E-state index contributed by atoms with van der Waals surface area (Å²) in [5.41, 5.74) is 2.34. The van der Waals surface area contributed by atoms with Gasteiger partial charge in [-0.15, -0.1) is 0 Å². The van der Waals surface area contributed by atoms with Gasteiger partial charge in [0.15, 0.2) is 0 Å². The van der Waals surface area contributed by atoms with Gasteiger partial charge in [0.05, 0.1) is 6.04 Å². The molecular weight excluding hydrogens is 250 g/mol. The Hall–Kier alpha value is -1.20. The number of likely N-dealkylation sites (N-methyl/N-ethyl adjacent to an activating group) is 2. The largest absolute Gasteiger partial charge is 0.370 e. The normalized spacial score (nSPS) is 21.1. The molecule has 0 saturated carbocycles. The number of nitrogens with one attached hydrogen (secondary N) is 1. The molecule has 1 aromatic heterocycles. The minimum Gasteiger partial charge on any atom is -0.370 e. The summed E-state index contributed by atoms with van der Waals surface area (Å²) in [5, 5.41) is 3.39. The third-order valence-corrected chi connectivity index (χ3v) is 4.08. The summed E-state index contributed by atoms with van der Waals surface area (Å²) in [4.78, 5) is 14.3. The number of anilines is 1. The average molecular weight is 277 g/mol. The highest BCUT2D eigenvalue weighted by Crippen LogP contribution is 2.24. The molecule has 0 aromatic carbocycles. The molecule has 5 heteroatoms. The van der Waals surface area contributed by atoms with Gasteiger partial charge >= 0.3 is 0 Å². The van der Waals surface area contributed by atoms with E-state index in [-0.39, 0.29) is 6.04 Å². The van der Waals surface area contributed by atoms with Crippen molar-refractivity contribution in [2.75, 3.05) is 45.6 Å². The molecule has 5 nitrogen and oxygen atoms in total. The fraction of sp³-hybridized carbons (Fsp3) is 0.733. The van der Waals surface area contributed by atoms with Gasteiger partial charge in [-0.05, 0) is 34.4 Å². The third-order valence-electron chi connectivity index (χ3n) is 4.08. The predicted molar refractivity (Wildman–Crippen MR) is 83.2 cm³/mol. The molecule has 1 fully saturated rings. The Morgan fingerprint density at radius 3 is 2.60 bits per heavy atom. The van der Waals surface area contributed by atoms with Crippen LogP contribution in [0.2, 0.25) is 0 Å². The molecule has 1 unspecified atom stereocenters. The maximum atomic E-state index is 4.81. The summed E-state index contributed by atoms with van der Waals surface area (Å²) < 4.78 is 0. The van der Waals surface area contributed by atoms with Crippen LogP contribution in [0.5, 0.6) is 0 Å². The van der Waals surface area contributed by atoms with E-state index in [1.165, 1.54) is 5.56 Å². The van der Waals surface area contributed by atoms with Crippen LogP contribution in [0, 0.1) is 6.92 Å². The lowest BCUT2D eigenvalue weighted by Crippen LogP contribution is -2.45. The Labute approximate surface area is 122 Å². The maximum absolute atomic E-state index is 4.81. The van der Waals surface area contributed by atoms with Gasteiger partial charge < -0.3 is 10.2 Å². The van der Waals surface area contributed by atoms with Gasteiger partial charge in [0.25, 0.3) is 0 Å². The van der Waals surface area contributed by atoms with E-state index in [4.69, 9.17) is 9.97 Å². The van der Waals surface area contributed by atoms with Gasteiger partial charge in [-0.25, -0.2) is 9.97 Å². The van der Waals surface area contributed by atoms with Gasteiger partial charge in [0.1, 0.15) is 11.6 Å². The van der Waals surface area contributed by atoms with Crippen LogP contribution in [-0.2, 0) is 6.42 Å². The summed E-state index contributed by atoms with van der Waals surface area (Å²) in [6, 6.07) is 0.288. The summed E-state index contributed by atoms with van der Waals surface area (Å²) >= 11 is 0. The first-order chi connectivity index (χ1) is 9.56. The van der Waals surface area contributed by atoms with Crippen molar-refractivity contribution in [1.82, 2.24) is 19.8 Å². The summed E-state index contributed by atoms with van der Waals surface area (Å²) in [7, 11) is 4.33. The Kier molecular flexibility index (Phi) is 4.94. The molecular formula is C15H27N5. The molecule has 0 amide bonds. The number of piperazine rings is 1. The van der Waals surface area contributed by atoms with Gasteiger partial charge in [-0.2, -0.15) is 0 Å². The fourth-order valence-electron chi connectivity index (χ4n) is 2.79. The number of aromatic nitrogens is 2. The number of aryl methyl sites for hydroxylation is 1. The lowest BCUT2D eigenvalue weighted by molar-refractivity contribution is 0.109. The maximum Gasteiger partial charge on any atom is 0.149 e. The van der Waals surface area contributed by atoms with E-state index in [1.807, 2.05) is 0 Å². The van der Waals surface area contributed by atoms with Crippen molar-refractivity contribution in [2.45, 2.75) is 33.2 Å². The molecule has 112 valence electrons. The highest BCUT2D eigenvalue weighted by atomic mass is 15.3. The number of rotatable bonds is 4. The van der Waals surface area contributed by atoms with E-state index in [1.54, 1.807) is 0 Å². The summed E-state index contributed by atoms with van der Waals surface area (Å²) in [6.45, 7) is 10.4. The van der Waals surface area contributed by atoms with E-state index in [9.17, 15) is 0 Å². The molecule has 0 spiro atoms. The zero-order chi connectivity index (χ0) is 14.7. The first kappa shape index (κ1) is 15.2. The quantitative estimate of drug-likeness (QED) is 0.907. The molecule has 1 atom stereocenters. The molecule has 20 heavy (non-hydrogen) atoms. The van der Waals surface area contributed by atoms with Crippen molar-refractivity contribution in [1.29, 1.82) is 0 Å². The highest BCUT2D eigenvalue weighted by molar-refractivity contribution is 5.46. The van der Waals surface area contributed by atoms with Crippen LogP contribution in [0.15, 0.2) is 0 Å². The Balaban J connectivity index is 2.36. The second kappa shape index (κ2) is 6.50.